The zero-order chi connectivity index (χ0) is 13.3. The number of likely N-dealkylation sites (N-methyl/N-ethyl adjacent to an activating group) is 1. The molecule has 0 heterocycles. The van der Waals surface area contributed by atoms with Crippen LogP contribution in [0.3, 0.4) is 0 Å². The zero-order valence-corrected chi connectivity index (χ0v) is 11.2. The second kappa shape index (κ2) is 8.49. The van der Waals surface area contributed by atoms with Crippen molar-refractivity contribution in [2.75, 3.05) is 13.6 Å². The Labute approximate surface area is 102 Å². The minimum absolute atomic E-state index is 0.174. The van der Waals surface area contributed by atoms with Gasteiger partial charge >= 0.3 is 101 Å². The zero-order valence-electron chi connectivity index (χ0n) is 9.42. The third-order valence-corrected chi connectivity index (χ3v) is 3.18. The average Bonchev–Trinajstić information content (AvgIpc) is 2.28. The third kappa shape index (κ3) is 4.65. The van der Waals surface area contributed by atoms with Crippen LogP contribution in [-0.2, 0) is 13.9 Å². The van der Waals surface area contributed by atoms with E-state index in [1.54, 1.807) is 0 Å². The predicted molar refractivity (Wildman–Crippen MR) is 64.0 cm³/mol. The van der Waals surface area contributed by atoms with Gasteiger partial charge in [-0.1, -0.05) is 0 Å². The molecular weight excluding hydrogens is 262 g/mol. The molecule has 8 heteroatoms. The fourth-order valence-electron chi connectivity index (χ4n) is 1.34. The van der Waals surface area contributed by atoms with E-state index in [9.17, 15) is 19.0 Å². The number of hydrogen-bond donors (Lipinski definition) is 2. The van der Waals surface area contributed by atoms with Crippen LogP contribution in [0.15, 0.2) is 0 Å². The molecule has 0 radical (unpaired) electrons. The fourth-order valence-corrected chi connectivity index (χ4v) is 2.15. The van der Waals surface area contributed by atoms with E-state index < -0.39 is 27.3 Å². The Bertz CT molecular complexity index is 469. The number of nitrogens with two attached hydrogens (primary N) is 1. The van der Waals surface area contributed by atoms with E-state index in [0.29, 0.717) is 19.4 Å². The molecule has 0 amide bonds. The van der Waals surface area contributed by atoms with Gasteiger partial charge in [0, 0.05) is 0 Å². The van der Waals surface area contributed by atoms with Crippen molar-refractivity contribution in [2.24, 2.45) is 5.73 Å². The summed E-state index contributed by atoms with van der Waals surface area (Å²) in [6.45, 7) is 0.446. The molecule has 0 aromatic rings. The molecule has 0 saturated heterocycles. The standard InChI is InChI=1S/C9H14N2O4P2/c1-11(7-17-15)9(6-16-14,8(12)13)4-2-3-5-10/h2-5,10H2,1H3,(H,12,13)/t9-/m1/s1. The molecular formula is C9H14N2O4P2. The number of nitrogens with zero attached hydrogens (tertiary/aromatic N) is 1. The van der Waals surface area contributed by atoms with Gasteiger partial charge in [-0.25, -0.2) is 0 Å². The molecule has 0 spiro atoms. The average molecular weight is 276 g/mol. The van der Waals surface area contributed by atoms with Crippen LogP contribution in [0.1, 0.15) is 19.3 Å². The quantitative estimate of drug-likeness (QED) is 0.431. The molecule has 94 valence electrons. The van der Waals surface area contributed by atoms with Crippen molar-refractivity contribution < 1.29 is 19.0 Å². The summed E-state index contributed by atoms with van der Waals surface area (Å²) < 4.78 is 21.1. The Hall–Kier alpha value is -0.590. The maximum absolute atomic E-state index is 11.3. The molecule has 17 heavy (non-hydrogen) atoms. The summed E-state index contributed by atoms with van der Waals surface area (Å²) in [6, 6.07) is 0. The van der Waals surface area contributed by atoms with E-state index in [2.05, 4.69) is 11.4 Å². The minimum atomic E-state index is -1.59. The summed E-state index contributed by atoms with van der Waals surface area (Å²) in [6.07, 6.45) is 1.36. The van der Waals surface area contributed by atoms with E-state index in [1.165, 1.54) is 7.05 Å². The van der Waals surface area contributed by atoms with Crippen LogP contribution in [0.25, 0.3) is 0 Å². The van der Waals surface area contributed by atoms with Crippen LogP contribution < -0.4 is 5.73 Å². The maximum atomic E-state index is 11.3. The summed E-state index contributed by atoms with van der Waals surface area (Å²) >= 11 is 0. The molecule has 0 aromatic heterocycles. The number of carboxylic acids is 1. The van der Waals surface area contributed by atoms with Gasteiger partial charge in [-0.2, -0.15) is 0 Å². The third-order valence-electron chi connectivity index (χ3n) is 2.34. The van der Waals surface area contributed by atoms with Gasteiger partial charge in [-0.05, 0) is 0 Å². The monoisotopic (exact) mass is 276 g/mol. The Balaban J connectivity index is 5.29. The van der Waals surface area contributed by atoms with Gasteiger partial charge in [0.1, 0.15) is 0 Å². The second-order valence-corrected chi connectivity index (χ2v) is 4.15. The Kier molecular flexibility index (Phi) is 8.20. The molecule has 0 fully saturated rings. The van der Waals surface area contributed by atoms with Crippen LogP contribution in [0.4, 0.5) is 0 Å². The molecule has 0 aromatic carbocycles. The number of unbranched alkanes of at least 4 members (excludes halogenated alkanes) is 1. The van der Waals surface area contributed by atoms with E-state index in [-0.39, 0.29) is 6.42 Å². The van der Waals surface area contributed by atoms with Gasteiger partial charge in [0.2, 0.25) is 0 Å². The molecule has 0 bridgehead atoms. The number of carboxylic acid groups (broad SMARTS) is 1. The van der Waals surface area contributed by atoms with E-state index in [1.807, 2.05) is 0 Å². The van der Waals surface area contributed by atoms with Crippen molar-refractivity contribution in [3.8, 4) is 11.4 Å². The van der Waals surface area contributed by atoms with Gasteiger partial charge < -0.3 is 0 Å². The van der Waals surface area contributed by atoms with E-state index in [4.69, 9.17) is 5.73 Å². The first kappa shape index (κ1) is 16.4. The van der Waals surface area contributed by atoms with Crippen molar-refractivity contribution in [2.45, 2.75) is 24.8 Å². The van der Waals surface area contributed by atoms with Crippen LogP contribution in [0.5, 0.6) is 0 Å². The molecule has 0 rings (SSSR count). The van der Waals surface area contributed by atoms with Crippen LogP contribution >= 0.6 is 15.8 Å². The fraction of sp³-hybridized carbons (Fsp3) is 0.667. The summed E-state index contributed by atoms with van der Waals surface area (Å²) in [4.78, 5) is 12.4. The first-order valence-corrected chi connectivity index (χ1v) is 6.52. The van der Waals surface area contributed by atoms with Crippen molar-refractivity contribution in [1.82, 2.24) is 4.90 Å². The van der Waals surface area contributed by atoms with Crippen molar-refractivity contribution >= 4 is 21.8 Å². The summed E-state index contributed by atoms with van der Waals surface area (Å²) in [5.74, 6) is 1.10. The summed E-state index contributed by atoms with van der Waals surface area (Å²) in [7, 11) is 0.443. The molecule has 6 nitrogen and oxygen atoms in total. The molecule has 0 saturated carbocycles. The van der Waals surface area contributed by atoms with Crippen molar-refractivity contribution in [3.63, 3.8) is 0 Å². The first-order valence-electron chi connectivity index (χ1n) is 4.90. The van der Waals surface area contributed by atoms with Gasteiger partial charge in [-0.3, -0.25) is 0 Å². The van der Waals surface area contributed by atoms with Gasteiger partial charge in [0.05, 0.1) is 0 Å². The topological polar surface area (TPSA) is 101 Å². The van der Waals surface area contributed by atoms with Crippen LogP contribution in [-0.4, -0.2) is 35.1 Å². The van der Waals surface area contributed by atoms with Crippen molar-refractivity contribution in [1.29, 1.82) is 0 Å². The Morgan fingerprint density at radius 1 is 1.41 bits per heavy atom. The Morgan fingerprint density at radius 2 is 2.06 bits per heavy atom. The number of aliphatic carboxylic acids is 1. The van der Waals surface area contributed by atoms with Gasteiger partial charge in [0.25, 0.3) is 0 Å². The predicted octanol–water partition coefficient (Wildman–Crippen LogP) is 1.33. The van der Waals surface area contributed by atoms with Gasteiger partial charge in [0.15, 0.2) is 0 Å². The SMILES string of the molecule is CN(C#P=O)[C@@](C#P=O)(CCCCN)C(=O)O. The Morgan fingerprint density at radius 3 is 2.47 bits per heavy atom. The normalized spacial score (nSPS) is 13.4. The molecule has 0 aliphatic rings. The van der Waals surface area contributed by atoms with Crippen molar-refractivity contribution in [3.05, 3.63) is 0 Å². The second-order valence-electron chi connectivity index (χ2n) is 3.36. The van der Waals surface area contributed by atoms with Gasteiger partial charge in [-0.15, -0.1) is 0 Å². The van der Waals surface area contributed by atoms with Crippen LogP contribution in [0.2, 0.25) is 0 Å². The first-order chi connectivity index (χ1) is 8.05. The summed E-state index contributed by atoms with van der Waals surface area (Å²) in [5.41, 5.74) is 6.08. The summed E-state index contributed by atoms with van der Waals surface area (Å²) in [5, 5.41) is 9.23. The molecule has 1 atom stereocenters. The van der Waals surface area contributed by atoms with Crippen LogP contribution in [0, 0.1) is 11.4 Å². The molecule has 3 N–H and O–H groups in total. The van der Waals surface area contributed by atoms with E-state index in [0.717, 1.165) is 4.90 Å². The molecule has 0 aliphatic heterocycles. The molecule has 0 unspecified atom stereocenters. The number of rotatable bonds is 6. The number of hydrogen-bond acceptors (Lipinski definition) is 5. The molecule has 0 aliphatic carbocycles. The van der Waals surface area contributed by atoms with E-state index >= 15 is 0 Å². The number of carbonyl (C=O) groups is 1.